The van der Waals surface area contributed by atoms with Gasteiger partial charge in [-0.1, -0.05) is 27.5 Å². The minimum absolute atomic E-state index is 0.616. The lowest BCUT2D eigenvalue weighted by Crippen LogP contribution is -2.24. The molecule has 0 aromatic heterocycles. The molecule has 0 fully saturated rings. The van der Waals surface area contributed by atoms with E-state index < -0.39 is 0 Å². The molecule has 0 saturated heterocycles. The second-order valence-electron chi connectivity index (χ2n) is 2.38. The maximum atomic E-state index is 5.83. The number of halogens is 2. The average Bonchev–Trinajstić information content (AvgIpc) is 2.03. The van der Waals surface area contributed by atoms with Crippen LogP contribution < -0.4 is 16.6 Å². The fourth-order valence-corrected chi connectivity index (χ4v) is 1.71. The van der Waals surface area contributed by atoms with Crippen LogP contribution in [0.2, 0.25) is 5.02 Å². The van der Waals surface area contributed by atoms with Crippen molar-refractivity contribution >= 4 is 33.2 Å². The fourth-order valence-electron chi connectivity index (χ4n) is 0.867. The number of hydrazine groups is 1. The molecule has 5 heteroatoms. The SMILES string of the molecule is N/C=C\N(N)c1cc(Cl)cc(Br)c1. The highest BCUT2D eigenvalue weighted by Crippen LogP contribution is 2.24. The highest BCUT2D eigenvalue weighted by atomic mass is 79.9. The third kappa shape index (κ3) is 2.91. The summed E-state index contributed by atoms with van der Waals surface area (Å²) in [5, 5.41) is 2.00. The molecule has 0 atom stereocenters. The van der Waals surface area contributed by atoms with Crippen molar-refractivity contribution in [1.82, 2.24) is 0 Å². The van der Waals surface area contributed by atoms with Crippen molar-refractivity contribution in [1.29, 1.82) is 0 Å². The van der Waals surface area contributed by atoms with Gasteiger partial charge in [0.15, 0.2) is 0 Å². The van der Waals surface area contributed by atoms with E-state index in [1.165, 1.54) is 17.4 Å². The minimum atomic E-state index is 0.616. The van der Waals surface area contributed by atoms with Gasteiger partial charge >= 0.3 is 0 Å². The summed E-state index contributed by atoms with van der Waals surface area (Å²) in [5.74, 6) is 5.63. The molecule has 0 radical (unpaired) electrons. The number of hydrogen-bond acceptors (Lipinski definition) is 3. The summed E-state index contributed by atoms with van der Waals surface area (Å²) >= 11 is 9.14. The molecule has 0 aliphatic heterocycles. The van der Waals surface area contributed by atoms with Crippen molar-refractivity contribution in [2.45, 2.75) is 0 Å². The van der Waals surface area contributed by atoms with Gasteiger partial charge in [0.05, 0.1) is 5.69 Å². The summed E-state index contributed by atoms with van der Waals surface area (Å²) in [5.41, 5.74) is 5.96. The van der Waals surface area contributed by atoms with E-state index in [-0.39, 0.29) is 0 Å². The number of benzene rings is 1. The van der Waals surface area contributed by atoms with Gasteiger partial charge in [-0.2, -0.15) is 0 Å². The summed E-state index contributed by atoms with van der Waals surface area (Å²) < 4.78 is 0.871. The van der Waals surface area contributed by atoms with Crippen LogP contribution in [0.4, 0.5) is 5.69 Å². The Balaban J connectivity index is 3.00. The van der Waals surface area contributed by atoms with Gasteiger partial charge in [0.2, 0.25) is 0 Å². The lowest BCUT2D eigenvalue weighted by molar-refractivity contribution is 1.07. The predicted octanol–water partition coefficient (Wildman–Crippen LogP) is 2.21. The Kier molecular flexibility index (Phi) is 3.59. The van der Waals surface area contributed by atoms with E-state index in [1.807, 2.05) is 6.07 Å². The Morgan fingerprint density at radius 1 is 1.38 bits per heavy atom. The number of nitrogens with zero attached hydrogens (tertiary/aromatic N) is 1. The molecule has 1 aromatic rings. The quantitative estimate of drug-likeness (QED) is 0.635. The van der Waals surface area contributed by atoms with Crippen LogP contribution in [0, 0.1) is 0 Å². The van der Waals surface area contributed by atoms with Crippen molar-refractivity contribution < 1.29 is 0 Å². The second-order valence-corrected chi connectivity index (χ2v) is 3.73. The number of rotatable bonds is 2. The Morgan fingerprint density at radius 3 is 2.62 bits per heavy atom. The molecule has 0 aliphatic rings. The molecule has 1 aromatic carbocycles. The van der Waals surface area contributed by atoms with Crippen molar-refractivity contribution in [3.8, 4) is 0 Å². The lowest BCUT2D eigenvalue weighted by atomic mass is 10.3. The number of hydrogen-bond donors (Lipinski definition) is 2. The van der Waals surface area contributed by atoms with Crippen LogP contribution in [0.5, 0.6) is 0 Å². The summed E-state index contributed by atoms with van der Waals surface area (Å²) in [6, 6.07) is 5.36. The van der Waals surface area contributed by atoms with Crippen molar-refractivity contribution in [2.24, 2.45) is 11.6 Å². The average molecular weight is 263 g/mol. The Hall–Kier alpha value is -0.710. The van der Waals surface area contributed by atoms with Gasteiger partial charge in [0.1, 0.15) is 0 Å². The molecular weight excluding hydrogens is 253 g/mol. The molecule has 0 heterocycles. The first-order valence-corrected chi connectivity index (χ1v) is 4.69. The van der Waals surface area contributed by atoms with Gasteiger partial charge < -0.3 is 5.73 Å². The molecule has 1 rings (SSSR count). The van der Waals surface area contributed by atoms with Crippen molar-refractivity contribution in [3.05, 3.63) is 40.1 Å². The smallest absolute Gasteiger partial charge is 0.0594 e. The molecule has 4 N–H and O–H groups in total. The molecule has 0 bridgehead atoms. The van der Waals surface area contributed by atoms with E-state index in [0.717, 1.165) is 10.2 Å². The molecule has 3 nitrogen and oxygen atoms in total. The van der Waals surface area contributed by atoms with Crippen LogP contribution in [0.3, 0.4) is 0 Å². The van der Waals surface area contributed by atoms with E-state index in [0.29, 0.717) is 5.02 Å². The Labute approximate surface area is 90.1 Å². The first kappa shape index (κ1) is 10.4. The molecule has 0 unspecified atom stereocenters. The van der Waals surface area contributed by atoms with Gasteiger partial charge in [0.25, 0.3) is 0 Å². The monoisotopic (exact) mass is 261 g/mol. The third-order valence-corrected chi connectivity index (χ3v) is 2.07. The van der Waals surface area contributed by atoms with Crippen molar-refractivity contribution in [3.63, 3.8) is 0 Å². The topological polar surface area (TPSA) is 55.3 Å². The van der Waals surface area contributed by atoms with Gasteiger partial charge in [0, 0.05) is 21.9 Å². The number of anilines is 1. The van der Waals surface area contributed by atoms with Crippen LogP contribution in [-0.2, 0) is 0 Å². The minimum Gasteiger partial charge on any atom is -0.403 e. The summed E-state index contributed by atoms with van der Waals surface area (Å²) in [6.07, 6.45) is 2.90. The van der Waals surface area contributed by atoms with E-state index >= 15 is 0 Å². The fraction of sp³-hybridized carbons (Fsp3) is 0. The highest BCUT2D eigenvalue weighted by molar-refractivity contribution is 9.10. The van der Waals surface area contributed by atoms with Crippen LogP contribution in [-0.4, -0.2) is 0 Å². The first-order chi connectivity index (χ1) is 6.13. The van der Waals surface area contributed by atoms with E-state index in [1.54, 1.807) is 12.1 Å². The Morgan fingerprint density at radius 2 is 2.08 bits per heavy atom. The lowest BCUT2D eigenvalue weighted by Gasteiger charge is -2.13. The molecule has 70 valence electrons. The number of nitrogens with two attached hydrogens (primary N) is 2. The Bertz CT molecular complexity index is 307. The second kappa shape index (κ2) is 4.50. The maximum Gasteiger partial charge on any atom is 0.0594 e. The predicted molar refractivity (Wildman–Crippen MR) is 59.1 cm³/mol. The molecule has 0 aliphatic carbocycles. The molecule has 0 saturated carbocycles. The van der Waals surface area contributed by atoms with Gasteiger partial charge in [-0.25, -0.2) is 5.84 Å². The van der Waals surface area contributed by atoms with E-state index in [4.69, 9.17) is 23.2 Å². The summed E-state index contributed by atoms with van der Waals surface area (Å²) in [6.45, 7) is 0. The van der Waals surface area contributed by atoms with E-state index in [2.05, 4.69) is 15.9 Å². The maximum absolute atomic E-state index is 5.83. The molecule has 0 amide bonds. The summed E-state index contributed by atoms with van der Waals surface area (Å²) in [4.78, 5) is 0. The van der Waals surface area contributed by atoms with Gasteiger partial charge in [-0.3, -0.25) is 5.01 Å². The van der Waals surface area contributed by atoms with Crippen molar-refractivity contribution in [2.75, 3.05) is 5.01 Å². The molecule has 13 heavy (non-hydrogen) atoms. The normalized spacial score (nSPS) is 10.7. The molecule has 0 spiro atoms. The first-order valence-electron chi connectivity index (χ1n) is 3.52. The van der Waals surface area contributed by atoms with Gasteiger partial charge in [-0.15, -0.1) is 0 Å². The zero-order valence-electron chi connectivity index (χ0n) is 6.74. The van der Waals surface area contributed by atoms with Crippen LogP contribution in [0.25, 0.3) is 0 Å². The van der Waals surface area contributed by atoms with Crippen LogP contribution in [0.15, 0.2) is 35.1 Å². The highest BCUT2D eigenvalue weighted by Gasteiger charge is 2.00. The zero-order chi connectivity index (χ0) is 9.84. The van der Waals surface area contributed by atoms with Gasteiger partial charge in [-0.05, 0) is 18.2 Å². The third-order valence-electron chi connectivity index (χ3n) is 1.39. The van der Waals surface area contributed by atoms with Crippen LogP contribution in [0.1, 0.15) is 0 Å². The zero-order valence-corrected chi connectivity index (χ0v) is 9.09. The summed E-state index contributed by atoms with van der Waals surface area (Å²) in [7, 11) is 0. The van der Waals surface area contributed by atoms with E-state index in [9.17, 15) is 0 Å². The largest absolute Gasteiger partial charge is 0.403 e. The van der Waals surface area contributed by atoms with Crippen LogP contribution >= 0.6 is 27.5 Å². The standard InChI is InChI=1S/C8H9BrClN3/c9-6-3-7(10)5-8(4-6)13(12)2-1-11/h1-5H,11-12H2/b2-1-. The molecular formula is C8H9BrClN3.